The Balaban J connectivity index is 1.97. The summed E-state index contributed by atoms with van der Waals surface area (Å²) in [6.45, 7) is 5.42. The van der Waals surface area contributed by atoms with Gasteiger partial charge in [-0.1, -0.05) is 23.7 Å². The van der Waals surface area contributed by atoms with E-state index in [0.29, 0.717) is 23.7 Å². The highest BCUT2D eigenvalue weighted by molar-refractivity contribution is 6.32. The lowest BCUT2D eigenvalue weighted by atomic mass is 10.1. The number of nitrogens with zero attached hydrogens (tertiary/aromatic N) is 3. The SMILES string of the molecule is CC(C)N1C[C@@H](N(Cc2cccc(F)c2F)c2ccc(C#N)c(Cl)c2)CCO1. The lowest BCUT2D eigenvalue weighted by Crippen LogP contribution is -2.50. The first kappa shape index (κ1) is 20.5. The summed E-state index contributed by atoms with van der Waals surface area (Å²) in [7, 11) is 0. The Labute approximate surface area is 168 Å². The number of rotatable bonds is 5. The van der Waals surface area contributed by atoms with E-state index in [1.54, 1.807) is 24.3 Å². The quantitative estimate of drug-likeness (QED) is 0.708. The van der Waals surface area contributed by atoms with E-state index in [9.17, 15) is 8.78 Å². The van der Waals surface area contributed by atoms with Crippen molar-refractivity contribution in [3.63, 3.8) is 0 Å². The van der Waals surface area contributed by atoms with Crippen molar-refractivity contribution in [3.05, 3.63) is 64.2 Å². The Kier molecular flexibility index (Phi) is 6.50. The monoisotopic (exact) mass is 405 g/mol. The summed E-state index contributed by atoms with van der Waals surface area (Å²) in [5.41, 5.74) is 1.39. The minimum absolute atomic E-state index is 0.0165. The Bertz CT molecular complexity index is 884. The molecular weight excluding hydrogens is 384 g/mol. The van der Waals surface area contributed by atoms with Gasteiger partial charge in [0.05, 0.1) is 17.2 Å². The van der Waals surface area contributed by atoms with Crippen molar-refractivity contribution in [2.24, 2.45) is 0 Å². The summed E-state index contributed by atoms with van der Waals surface area (Å²) in [4.78, 5) is 7.72. The van der Waals surface area contributed by atoms with Gasteiger partial charge in [0.1, 0.15) is 6.07 Å². The average molecular weight is 406 g/mol. The van der Waals surface area contributed by atoms with E-state index in [-0.39, 0.29) is 24.2 Å². The standard InChI is InChI=1S/C21H22ClF2N3O/c1-14(2)27-13-18(8-9-28-27)26(12-16-4-3-5-20(23)21(16)24)17-7-6-15(11-25)19(22)10-17/h3-7,10,14,18H,8-9,12-13H2,1-2H3/t18-/m0/s1. The van der Waals surface area contributed by atoms with Crippen LogP contribution in [0.2, 0.25) is 5.02 Å². The molecule has 0 N–H and O–H groups in total. The molecule has 7 heteroatoms. The van der Waals surface area contributed by atoms with Crippen molar-refractivity contribution in [3.8, 4) is 6.07 Å². The lowest BCUT2D eigenvalue weighted by molar-refractivity contribution is -0.203. The van der Waals surface area contributed by atoms with E-state index >= 15 is 0 Å². The number of hydroxylamine groups is 2. The summed E-state index contributed by atoms with van der Waals surface area (Å²) in [6, 6.07) is 11.6. The third-order valence-electron chi connectivity index (χ3n) is 4.89. The maximum absolute atomic E-state index is 14.3. The Morgan fingerprint density at radius 1 is 1.32 bits per heavy atom. The summed E-state index contributed by atoms with van der Waals surface area (Å²) >= 11 is 6.23. The molecule has 3 rings (SSSR count). The van der Waals surface area contributed by atoms with Crippen molar-refractivity contribution >= 4 is 17.3 Å². The highest BCUT2D eigenvalue weighted by atomic mass is 35.5. The second-order valence-electron chi connectivity index (χ2n) is 7.09. The van der Waals surface area contributed by atoms with E-state index in [2.05, 4.69) is 0 Å². The predicted molar refractivity (Wildman–Crippen MR) is 105 cm³/mol. The molecule has 0 radical (unpaired) electrons. The molecule has 148 valence electrons. The van der Waals surface area contributed by atoms with Crippen LogP contribution in [-0.2, 0) is 11.4 Å². The van der Waals surface area contributed by atoms with Crippen LogP contribution in [0.5, 0.6) is 0 Å². The highest BCUT2D eigenvalue weighted by Crippen LogP contribution is 2.29. The molecule has 1 saturated heterocycles. The van der Waals surface area contributed by atoms with Crippen LogP contribution < -0.4 is 4.90 Å². The van der Waals surface area contributed by atoms with Gasteiger partial charge < -0.3 is 4.90 Å². The van der Waals surface area contributed by atoms with E-state index in [1.807, 2.05) is 29.9 Å². The molecule has 4 nitrogen and oxygen atoms in total. The third kappa shape index (κ3) is 4.44. The van der Waals surface area contributed by atoms with Gasteiger partial charge in [-0.25, -0.2) is 8.78 Å². The van der Waals surface area contributed by atoms with Gasteiger partial charge in [0.25, 0.3) is 0 Å². The summed E-state index contributed by atoms with van der Waals surface area (Å²) < 4.78 is 28.1. The molecule has 28 heavy (non-hydrogen) atoms. The van der Waals surface area contributed by atoms with Crippen LogP contribution in [-0.4, -0.2) is 30.3 Å². The van der Waals surface area contributed by atoms with Crippen molar-refractivity contribution in [2.75, 3.05) is 18.1 Å². The van der Waals surface area contributed by atoms with Gasteiger partial charge in [-0.2, -0.15) is 10.3 Å². The minimum atomic E-state index is -0.869. The average Bonchev–Trinajstić information content (AvgIpc) is 2.69. The van der Waals surface area contributed by atoms with Crippen LogP contribution in [0.3, 0.4) is 0 Å². The van der Waals surface area contributed by atoms with E-state index in [0.717, 1.165) is 18.2 Å². The Morgan fingerprint density at radius 3 is 2.79 bits per heavy atom. The molecule has 0 aliphatic carbocycles. The number of hydrogen-bond donors (Lipinski definition) is 0. The highest BCUT2D eigenvalue weighted by Gasteiger charge is 2.29. The second kappa shape index (κ2) is 8.87. The number of hydrogen-bond acceptors (Lipinski definition) is 4. The molecule has 2 aromatic rings. The zero-order chi connectivity index (χ0) is 20.3. The maximum atomic E-state index is 14.3. The van der Waals surface area contributed by atoms with Crippen molar-refractivity contribution in [1.29, 1.82) is 5.26 Å². The second-order valence-corrected chi connectivity index (χ2v) is 7.49. The van der Waals surface area contributed by atoms with Crippen LogP contribution in [0.4, 0.5) is 14.5 Å². The van der Waals surface area contributed by atoms with Crippen LogP contribution in [0, 0.1) is 23.0 Å². The van der Waals surface area contributed by atoms with Crippen LogP contribution in [0.1, 0.15) is 31.4 Å². The summed E-state index contributed by atoms with van der Waals surface area (Å²) in [5, 5.41) is 11.4. The molecule has 0 amide bonds. The van der Waals surface area contributed by atoms with Crippen LogP contribution in [0.15, 0.2) is 36.4 Å². The number of halogens is 3. The lowest BCUT2D eigenvalue weighted by Gasteiger charge is -2.41. The Hall–Kier alpha value is -2.20. The first-order chi connectivity index (χ1) is 13.4. The molecule has 2 aromatic carbocycles. The van der Waals surface area contributed by atoms with Crippen molar-refractivity contribution in [1.82, 2.24) is 5.06 Å². The number of benzene rings is 2. The van der Waals surface area contributed by atoms with Gasteiger partial charge in [-0.3, -0.25) is 4.84 Å². The zero-order valence-corrected chi connectivity index (χ0v) is 16.6. The third-order valence-corrected chi connectivity index (χ3v) is 5.21. The van der Waals surface area contributed by atoms with Crippen molar-refractivity contribution < 1.29 is 13.6 Å². The molecule has 0 aromatic heterocycles. The normalized spacial score (nSPS) is 17.5. The first-order valence-electron chi connectivity index (χ1n) is 9.19. The van der Waals surface area contributed by atoms with Gasteiger partial charge in [0, 0.05) is 36.4 Å². The van der Waals surface area contributed by atoms with E-state index in [4.69, 9.17) is 21.7 Å². The maximum Gasteiger partial charge on any atom is 0.163 e. The molecule has 1 aliphatic heterocycles. The van der Waals surface area contributed by atoms with E-state index < -0.39 is 11.6 Å². The van der Waals surface area contributed by atoms with Gasteiger partial charge >= 0.3 is 0 Å². The van der Waals surface area contributed by atoms with Crippen LogP contribution >= 0.6 is 11.6 Å². The largest absolute Gasteiger partial charge is 0.363 e. The molecule has 0 spiro atoms. The topological polar surface area (TPSA) is 39.5 Å². The van der Waals surface area contributed by atoms with Gasteiger partial charge in [-0.05, 0) is 44.5 Å². The fourth-order valence-electron chi connectivity index (χ4n) is 3.33. The first-order valence-corrected chi connectivity index (χ1v) is 9.57. The molecule has 0 bridgehead atoms. The van der Waals surface area contributed by atoms with Crippen LogP contribution in [0.25, 0.3) is 0 Å². The molecule has 0 saturated carbocycles. The Morgan fingerprint density at radius 2 is 2.11 bits per heavy atom. The minimum Gasteiger partial charge on any atom is -0.363 e. The van der Waals surface area contributed by atoms with Gasteiger partial charge in [-0.15, -0.1) is 0 Å². The molecule has 1 atom stereocenters. The number of nitriles is 1. The molecule has 0 unspecified atom stereocenters. The molecule has 1 fully saturated rings. The summed E-state index contributed by atoms with van der Waals surface area (Å²) in [6.07, 6.45) is 0.734. The predicted octanol–water partition coefficient (Wildman–Crippen LogP) is 4.91. The zero-order valence-electron chi connectivity index (χ0n) is 15.8. The molecule has 1 heterocycles. The number of anilines is 1. The van der Waals surface area contributed by atoms with Gasteiger partial charge in [0.15, 0.2) is 11.6 Å². The fraction of sp³-hybridized carbons (Fsp3) is 0.381. The summed E-state index contributed by atoms with van der Waals surface area (Å²) in [5.74, 6) is -1.72. The molecular formula is C21H22ClF2N3O. The smallest absolute Gasteiger partial charge is 0.163 e. The van der Waals surface area contributed by atoms with Gasteiger partial charge in [0.2, 0.25) is 0 Å². The molecule has 1 aliphatic rings. The fourth-order valence-corrected chi connectivity index (χ4v) is 3.55. The van der Waals surface area contributed by atoms with Crippen molar-refractivity contribution in [2.45, 2.75) is 38.9 Å². The van der Waals surface area contributed by atoms with E-state index in [1.165, 1.54) is 6.07 Å².